The van der Waals surface area contributed by atoms with E-state index in [1.807, 2.05) is 42.2 Å². The summed E-state index contributed by atoms with van der Waals surface area (Å²) in [4.78, 5) is 11.7. The van der Waals surface area contributed by atoms with Crippen molar-refractivity contribution in [3.8, 4) is 0 Å². The molecule has 0 aliphatic rings. The lowest BCUT2D eigenvalue weighted by Crippen LogP contribution is -2.02. The quantitative estimate of drug-likeness (QED) is 0.744. The van der Waals surface area contributed by atoms with E-state index < -0.39 is 0 Å². The van der Waals surface area contributed by atoms with Crippen molar-refractivity contribution in [3.63, 3.8) is 0 Å². The molecule has 0 unspecified atom stereocenters. The fraction of sp³-hybridized carbons (Fsp3) is 0.214. The highest BCUT2D eigenvalue weighted by Crippen LogP contribution is 2.13. The standard InChI is InChI=1S/C14H14N4S/c1-10-8-12-13(16-9-10)18(14(19)17-12)7-4-11-2-5-15-6-3-11/h2-3,5-6,8-9H,4,7H2,1H3,(H,17,19). The van der Waals surface area contributed by atoms with Crippen LogP contribution in [-0.4, -0.2) is 19.5 Å². The number of nitrogens with zero attached hydrogens (tertiary/aromatic N) is 3. The predicted molar refractivity (Wildman–Crippen MR) is 77.6 cm³/mol. The van der Waals surface area contributed by atoms with E-state index in [9.17, 15) is 0 Å². The maximum Gasteiger partial charge on any atom is 0.179 e. The zero-order valence-corrected chi connectivity index (χ0v) is 11.4. The highest BCUT2D eigenvalue weighted by Gasteiger charge is 2.05. The minimum absolute atomic E-state index is 0.724. The monoisotopic (exact) mass is 270 g/mol. The first-order valence-electron chi connectivity index (χ1n) is 6.18. The Bertz CT molecular complexity index is 758. The highest BCUT2D eigenvalue weighted by atomic mass is 32.1. The second-order valence-corrected chi connectivity index (χ2v) is 4.96. The Labute approximate surface area is 116 Å². The van der Waals surface area contributed by atoms with Gasteiger partial charge in [0, 0.05) is 25.1 Å². The molecule has 0 spiro atoms. The van der Waals surface area contributed by atoms with Crippen molar-refractivity contribution < 1.29 is 0 Å². The Morgan fingerprint density at radius 3 is 2.89 bits per heavy atom. The summed E-state index contributed by atoms with van der Waals surface area (Å²) >= 11 is 5.37. The van der Waals surface area contributed by atoms with Crippen LogP contribution >= 0.6 is 12.2 Å². The third-order valence-corrected chi connectivity index (χ3v) is 3.44. The SMILES string of the molecule is Cc1cnc2c(c1)[nH]c(=S)n2CCc1ccncc1. The first-order chi connectivity index (χ1) is 9.24. The van der Waals surface area contributed by atoms with E-state index in [0.29, 0.717) is 0 Å². The van der Waals surface area contributed by atoms with Gasteiger partial charge in [-0.05, 0) is 54.9 Å². The van der Waals surface area contributed by atoms with Gasteiger partial charge in [0.2, 0.25) is 0 Å². The van der Waals surface area contributed by atoms with Crippen LogP contribution in [0.25, 0.3) is 11.2 Å². The maximum atomic E-state index is 5.37. The number of imidazole rings is 1. The molecule has 0 amide bonds. The largest absolute Gasteiger partial charge is 0.329 e. The Kier molecular flexibility index (Phi) is 3.13. The van der Waals surface area contributed by atoms with Crippen LogP contribution in [0.1, 0.15) is 11.1 Å². The predicted octanol–water partition coefficient (Wildman–Crippen LogP) is 3.04. The molecule has 0 saturated carbocycles. The summed E-state index contributed by atoms with van der Waals surface area (Å²) in [6.45, 7) is 2.84. The zero-order chi connectivity index (χ0) is 13.2. The molecule has 1 N–H and O–H groups in total. The second-order valence-electron chi connectivity index (χ2n) is 4.57. The molecule has 0 radical (unpaired) electrons. The molecule has 3 rings (SSSR count). The number of aryl methyl sites for hydroxylation is 3. The van der Waals surface area contributed by atoms with Gasteiger partial charge < -0.3 is 9.55 Å². The van der Waals surface area contributed by atoms with E-state index in [1.54, 1.807) is 0 Å². The van der Waals surface area contributed by atoms with Gasteiger partial charge in [-0.3, -0.25) is 4.98 Å². The Morgan fingerprint density at radius 1 is 1.32 bits per heavy atom. The summed E-state index contributed by atoms with van der Waals surface area (Å²) in [6, 6.07) is 6.12. The maximum absolute atomic E-state index is 5.37. The van der Waals surface area contributed by atoms with Crippen molar-refractivity contribution in [1.29, 1.82) is 0 Å². The number of hydrogen-bond donors (Lipinski definition) is 1. The topological polar surface area (TPSA) is 46.5 Å². The summed E-state index contributed by atoms with van der Waals surface area (Å²) in [5.41, 5.74) is 4.30. The number of H-pyrrole nitrogens is 1. The first-order valence-corrected chi connectivity index (χ1v) is 6.59. The molecule has 0 aliphatic carbocycles. The number of hydrogen-bond acceptors (Lipinski definition) is 3. The average molecular weight is 270 g/mol. The molecule has 5 heteroatoms. The van der Waals surface area contributed by atoms with Crippen molar-refractivity contribution >= 4 is 23.4 Å². The molecule has 0 atom stereocenters. The summed E-state index contributed by atoms with van der Waals surface area (Å²) in [7, 11) is 0. The summed E-state index contributed by atoms with van der Waals surface area (Å²) in [5.74, 6) is 0. The number of aromatic amines is 1. The van der Waals surface area contributed by atoms with Gasteiger partial charge >= 0.3 is 0 Å². The average Bonchev–Trinajstić information content (AvgIpc) is 2.72. The van der Waals surface area contributed by atoms with Crippen LogP contribution in [0, 0.1) is 11.7 Å². The van der Waals surface area contributed by atoms with Gasteiger partial charge in [-0.2, -0.15) is 0 Å². The number of nitrogens with one attached hydrogen (secondary N) is 1. The summed E-state index contributed by atoms with van der Waals surface area (Å²) in [5, 5.41) is 0. The van der Waals surface area contributed by atoms with Crippen molar-refractivity contribution in [2.24, 2.45) is 0 Å². The van der Waals surface area contributed by atoms with E-state index >= 15 is 0 Å². The molecule has 0 bridgehead atoms. The van der Waals surface area contributed by atoms with E-state index in [1.165, 1.54) is 5.56 Å². The zero-order valence-electron chi connectivity index (χ0n) is 10.6. The third kappa shape index (κ3) is 2.42. The van der Waals surface area contributed by atoms with Gasteiger partial charge in [0.1, 0.15) is 0 Å². The van der Waals surface area contributed by atoms with E-state index in [0.717, 1.165) is 34.5 Å². The molecule has 96 valence electrons. The minimum Gasteiger partial charge on any atom is -0.329 e. The number of pyridine rings is 2. The summed E-state index contributed by atoms with van der Waals surface area (Å²) < 4.78 is 2.77. The molecule has 3 heterocycles. The van der Waals surface area contributed by atoms with Gasteiger partial charge in [-0.15, -0.1) is 0 Å². The Balaban J connectivity index is 1.93. The van der Waals surface area contributed by atoms with Crippen molar-refractivity contribution in [1.82, 2.24) is 19.5 Å². The fourth-order valence-electron chi connectivity index (χ4n) is 2.15. The normalized spacial score (nSPS) is 11.0. The van der Waals surface area contributed by atoms with Gasteiger partial charge in [-0.1, -0.05) is 0 Å². The smallest absolute Gasteiger partial charge is 0.179 e. The van der Waals surface area contributed by atoms with Crippen LogP contribution in [0.4, 0.5) is 0 Å². The Hall–Kier alpha value is -2.01. The molecule has 3 aromatic rings. The lowest BCUT2D eigenvalue weighted by atomic mass is 10.2. The lowest BCUT2D eigenvalue weighted by molar-refractivity contribution is 0.700. The molecule has 3 aromatic heterocycles. The van der Waals surface area contributed by atoms with Gasteiger partial charge in [-0.25, -0.2) is 4.98 Å². The fourth-order valence-corrected chi connectivity index (χ4v) is 2.43. The molecule has 0 aromatic carbocycles. The molecule has 0 fully saturated rings. The molecule has 0 aliphatic heterocycles. The van der Waals surface area contributed by atoms with Crippen LogP contribution in [0.15, 0.2) is 36.8 Å². The summed E-state index contributed by atoms with van der Waals surface area (Å²) in [6.07, 6.45) is 6.41. The second kappa shape index (κ2) is 4.93. The Morgan fingerprint density at radius 2 is 2.11 bits per heavy atom. The molecular weight excluding hydrogens is 256 g/mol. The van der Waals surface area contributed by atoms with E-state index in [2.05, 4.69) is 21.0 Å². The van der Waals surface area contributed by atoms with E-state index in [-0.39, 0.29) is 0 Å². The number of aromatic nitrogens is 4. The van der Waals surface area contributed by atoms with Crippen LogP contribution in [0.2, 0.25) is 0 Å². The third-order valence-electron chi connectivity index (χ3n) is 3.12. The van der Waals surface area contributed by atoms with Crippen molar-refractivity contribution in [2.75, 3.05) is 0 Å². The highest BCUT2D eigenvalue weighted by molar-refractivity contribution is 7.71. The first kappa shape index (κ1) is 12.0. The van der Waals surface area contributed by atoms with Crippen LogP contribution in [0.3, 0.4) is 0 Å². The molecule has 0 saturated heterocycles. The molecule has 19 heavy (non-hydrogen) atoms. The lowest BCUT2D eigenvalue weighted by Gasteiger charge is -2.04. The van der Waals surface area contributed by atoms with Crippen LogP contribution in [0.5, 0.6) is 0 Å². The van der Waals surface area contributed by atoms with Gasteiger partial charge in [0.15, 0.2) is 10.4 Å². The number of rotatable bonds is 3. The van der Waals surface area contributed by atoms with E-state index in [4.69, 9.17) is 12.2 Å². The van der Waals surface area contributed by atoms with Crippen LogP contribution < -0.4 is 0 Å². The van der Waals surface area contributed by atoms with Gasteiger partial charge in [0.25, 0.3) is 0 Å². The van der Waals surface area contributed by atoms with Crippen molar-refractivity contribution in [3.05, 3.63) is 52.7 Å². The van der Waals surface area contributed by atoms with Gasteiger partial charge in [0.05, 0.1) is 5.52 Å². The molecule has 4 nitrogen and oxygen atoms in total. The molecular formula is C14H14N4S. The minimum atomic E-state index is 0.724. The van der Waals surface area contributed by atoms with Crippen LogP contribution in [-0.2, 0) is 13.0 Å². The number of fused-ring (bicyclic) bond motifs is 1. The van der Waals surface area contributed by atoms with Crippen molar-refractivity contribution in [2.45, 2.75) is 19.9 Å².